The summed E-state index contributed by atoms with van der Waals surface area (Å²) in [4.78, 5) is 12.7. The number of aliphatic hydroxyl groups is 3. The van der Waals surface area contributed by atoms with Crippen molar-refractivity contribution < 1.29 is 32.9 Å². The van der Waals surface area contributed by atoms with Crippen molar-refractivity contribution >= 4 is 11.6 Å². The van der Waals surface area contributed by atoms with Crippen LogP contribution >= 0.6 is 0 Å². The fourth-order valence-electron chi connectivity index (χ4n) is 2.65. The average molecular weight is 542 g/mol. The van der Waals surface area contributed by atoms with E-state index in [9.17, 15) is 4.79 Å². The maximum Gasteiger partial charge on any atom is 0.241 e. The summed E-state index contributed by atoms with van der Waals surface area (Å²) < 4.78 is 5.55. The zero-order valence-corrected chi connectivity index (χ0v) is 24.1. The van der Waals surface area contributed by atoms with Crippen LogP contribution in [-0.2, 0) is 22.6 Å². The molecule has 9 nitrogen and oxygen atoms in total. The normalized spacial score (nSPS) is 10.8. The minimum Gasteiger partial charge on any atom is -0.395 e. The molecule has 0 aliphatic rings. The standard InChI is InChI=1S/C21H28N2O3.C3H9NO2.C3H8O.C2H6.2H2/c1-2-3-13-26-16-22-20(14-17-7-5-4-6-8-17)21(25)23-19-11-9-18(15-24)10-12-19;1-4(6)2-3-5;1-3(2)4;1-2;;/h4-12,20,22,24H,2-3,13-16H2,1H3,(H,23,25);5-6H,2-3H2,1H3;3-4H,1-2H3;1-2H3;2*1H/t20-;;;;;/m0...../s1. The monoisotopic (exact) mass is 541 g/mol. The second kappa shape index (κ2) is 26.2. The van der Waals surface area contributed by atoms with Crippen molar-refractivity contribution in [3.63, 3.8) is 0 Å². The number of aliphatic hydroxyl groups excluding tert-OH is 3. The minimum absolute atomic E-state index is 0. The van der Waals surface area contributed by atoms with Crippen LogP contribution < -0.4 is 10.6 Å². The van der Waals surface area contributed by atoms with Gasteiger partial charge in [-0.3, -0.25) is 10.1 Å². The Balaban J connectivity index is -0.000000393. The van der Waals surface area contributed by atoms with Gasteiger partial charge in [0.2, 0.25) is 5.91 Å². The molecule has 0 spiro atoms. The van der Waals surface area contributed by atoms with Crippen molar-refractivity contribution in [2.24, 2.45) is 0 Å². The summed E-state index contributed by atoms with van der Waals surface area (Å²) in [6.45, 7) is 10.9. The first kappa shape index (κ1) is 37.8. The number of rotatable bonds is 13. The molecule has 2 aromatic rings. The molecular weight excluding hydrogens is 486 g/mol. The molecule has 2 aromatic carbocycles. The summed E-state index contributed by atoms with van der Waals surface area (Å²) in [5.74, 6) is -0.107. The number of hydrogen-bond acceptors (Lipinski definition) is 8. The van der Waals surface area contributed by atoms with Gasteiger partial charge in [0.15, 0.2) is 0 Å². The van der Waals surface area contributed by atoms with Gasteiger partial charge in [0.05, 0.1) is 26.0 Å². The van der Waals surface area contributed by atoms with E-state index in [-0.39, 0.29) is 28.1 Å². The number of nitrogens with zero attached hydrogens (tertiary/aromatic N) is 1. The van der Waals surface area contributed by atoms with E-state index in [4.69, 9.17) is 25.3 Å². The zero-order valence-electron chi connectivity index (χ0n) is 24.1. The summed E-state index contributed by atoms with van der Waals surface area (Å²) in [6, 6.07) is 16.7. The Labute approximate surface area is 232 Å². The lowest BCUT2D eigenvalue weighted by Gasteiger charge is -2.19. The van der Waals surface area contributed by atoms with Crippen molar-refractivity contribution in [2.75, 3.05) is 38.9 Å². The highest BCUT2D eigenvalue weighted by atomic mass is 16.5. The maximum atomic E-state index is 12.7. The van der Waals surface area contributed by atoms with Crippen molar-refractivity contribution in [3.05, 3.63) is 65.7 Å². The number of benzene rings is 2. The Bertz CT molecular complexity index is 782. The van der Waals surface area contributed by atoms with Crippen LogP contribution in [0.15, 0.2) is 54.6 Å². The average Bonchev–Trinajstić information content (AvgIpc) is 2.90. The zero-order chi connectivity index (χ0) is 29.2. The van der Waals surface area contributed by atoms with Gasteiger partial charge in [0.25, 0.3) is 0 Å². The fourth-order valence-corrected chi connectivity index (χ4v) is 2.65. The van der Waals surface area contributed by atoms with Crippen LogP contribution in [0.4, 0.5) is 5.69 Å². The molecule has 1 atom stereocenters. The molecule has 0 heterocycles. The summed E-state index contributed by atoms with van der Waals surface area (Å²) >= 11 is 0. The van der Waals surface area contributed by atoms with E-state index in [1.807, 2.05) is 44.2 Å². The van der Waals surface area contributed by atoms with Gasteiger partial charge in [-0.15, -0.1) is 0 Å². The second-order valence-corrected chi connectivity index (χ2v) is 8.40. The van der Waals surface area contributed by atoms with E-state index < -0.39 is 6.04 Å². The molecule has 0 radical (unpaired) electrons. The molecule has 38 heavy (non-hydrogen) atoms. The van der Waals surface area contributed by atoms with E-state index in [1.165, 1.54) is 7.05 Å². The van der Waals surface area contributed by atoms with E-state index >= 15 is 0 Å². The summed E-state index contributed by atoms with van der Waals surface area (Å²) in [5, 5.41) is 40.5. The molecular formula is C29H55N3O6. The number of hydrogen-bond donors (Lipinski definition) is 6. The highest BCUT2D eigenvalue weighted by Gasteiger charge is 2.18. The van der Waals surface area contributed by atoms with Gasteiger partial charge in [-0.25, -0.2) is 0 Å². The number of anilines is 1. The minimum atomic E-state index is -0.392. The lowest BCUT2D eigenvalue weighted by molar-refractivity contribution is -0.118. The number of nitrogens with one attached hydrogen (secondary N) is 2. The molecule has 0 aliphatic carbocycles. The lowest BCUT2D eigenvalue weighted by atomic mass is 10.1. The third-order valence-electron chi connectivity index (χ3n) is 4.50. The molecule has 0 bridgehead atoms. The van der Waals surface area contributed by atoms with Gasteiger partial charge in [-0.1, -0.05) is 69.7 Å². The molecule has 0 saturated heterocycles. The Hall–Kier alpha value is -2.37. The lowest BCUT2D eigenvalue weighted by Crippen LogP contribution is -2.43. The van der Waals surface area contributed by atoms with Gasteiger partial charge in [-0.05, 0) is 49.9 Å². The van der Waals surface area contributed by atoms with E-state index in [2.05, 4.69) is 17.6 Å². The third-order valence-corrected chi connectivity index (χ3v) is 4.50. The van der Waals surface area contributed by atoms with E-state index in [1.54, 1.807) is 38.1 Å². The van der Waals surface area contributed by atoms with Gasteiger partial charge >= 0.3 is 0 Å². The molecule has 2 rings (SSSR count). The van der Waals surface area contributed by atoms with Crippen LogP contribution in [-0.4, -0.2) is 77.2 Å². The first-order valence-corrected chi connectivity index (χ1v) is 13.3. The highest BCUT2D eigenvalue weighted by Crippen LogP contribution is 2.11. The summed E-state index contributed by atoms with van der Waals surface area (Å²) in [5.41, 5.74) is 2.61. The Morgan fingerprint density at radius 1 is 1.03 bits per heavy atom. The number of carbonyl (C=O) groups excluding carboxylic acids is 1. The topological polar surface area (TPSA) is 135 Å². The van der Waals surface area contributed by atoms with Crippen LogP contribution in [0.3, 0.4) is 0 Å². The molecule has 0 aliphatic heterocycles. The van der Waals surface area contributed by atoms with Crippen molar-refractivity contribution in [1.29, 1.82) is 0 Å². The first-order chi connectivity index (χ1) is 18.2. The Kier molecular flexibility index (Phi) is 26.1. The van der Waals surface area contributed by atoms with Gasteiger partial charge in [0, 0.05) is 34.8 Å². The molecule has 0 aromatic heterocycles. The van der Waals surface area contributed by atoms with Crippen LogP contribution in [0.1, 0.15) is 61.4 Å². The smallest absolute Gasteiger partial charge is 0.241 e. The van der Waals surface area contributed by atoms with Crippen LogP contribution in [0.5, 0.6) is 0 Å². The van der Waals surface area contributed by atoms with E-state index in [0.29, 0.717) is 32.0 Å². The van der Waals surface area contributed by atoms with Gasteiger partial charge in [0.1, 0.15) is 0 Å². The fraction of sp³-hybridized carbons (Fsp3) is 0.552. The molecule has 0 fully saturated rings. The highest BCUT2D eigenvalue weighted by molar-refractivity contribution is 5.95. The molecule has 222 valence electrons. The summed E-state index contributed by atoms with van der Waals surface area (Å²) in [6.07, 6.45) is 2.50. The maximum absolute atomic E-state index is 12.7. The number of amides is 1. The van der Waals surface area contributed by atoms with Crippen molar-refractivity contribution in [3.8, 4) is 0 Å². The molecule has 1 amide bonds. The molecule has 6 N–H and O–H groups in total. The SMILES string of the molecule is CC.CC(C)O.CCCCOCN[C@@H](Cc1ccccc1)C(=O)Nc1ccc(CO)cc1.CN(O)CCO.[HH].[HH]. The Morgan fingerprint density at radius 3 is 2.05 bits per heavy atom. The quantitative estimate of drug-likeness (QED) is 0.126. The van der Waals surface area contributed by atoms with E-state index in [0.717, 1.165) is 29.0 Å². The molecule has 9 heteroatoms. The Morgan fingerprint density at radius 2 is 1.61 bits per heavy atom. The van der Waals surface area contributed by atoms with Gasteiger partial charge in [-0.2, -0.15) is 5.06 Å². The number of likely N-dealkylation sites (N-methyl/N-ethyl adjacent to an activating group) is 1. The van der Waals surface area contributed by atoms with Crippen molar-refractivity contribution in [2.45, 2.75) is 72.6 Å². The predicted molar refractivity (Wildman–Crippen MR) is 158 cm³/mol. The van der Waals surface area contributed by atoms with Crippen LogP contribution in [0, 0.1) is 0 Å². The first-order valence-electron chi connectivity index (χ1n) is 13.3. The number of unbranched alkanes of at least 4 members (excludes halogenated alkanes) is 1. The van der Waals surface area contributed by atoms with Crippen molar-refractivity contribution in [1.82, 2.24) is 10.4 Å². The largest absolute Gasteiger partial charge is 0.395 e. The van der Waals surface area contributed by atoms with Crippen LogP contribution in [0.2, 0.25) is 0 Å². The predicted octanol–water partition coefficient (Wildman–Crippen LogP) is 4.30. The second-order valence-electron chi connectivity index (χ2n) is 8.40. The number of hydroxylamine groups is 2. The number of ether oxygens (including phenoxy) is 1. The summed E-state index contributed by atoms with van der Waals surface area (Å²) in [7, 11) is 1.48. The molecule has 0 unspecified atom stereocenters. The number of carbonyl (C=O) groups is 1. The van der Waals surface area contributed by atoms with Crippen LogP contribution in [0.25, 0.3) is 0 Å². The third kappa shape index (κ3) is 22.8. The van der Waals surface area contributed by atoms with Gasteiger partial charge < -0.3 is 30.6 Å². The molecule has 0 saturated carbocycles.